The van der Waals surface area contributed by atoms with Crippen molar-refractivity contribution >= 4 is 11.4 Å². The van der Waals surface area contributed by atoms with Crippen LogP contribution >= 0.6 is 0 Å². The molecule has 0 bridgehead atoms. The number of anilines is 2. The summed E-state index contributed by atoms with van der Waals surface area (Å²) in [6.45, 7) is 0.989. The number of benzene rings is 1. The van der Waals surface area contributed by atoms with E-state index < -0.39 is 0 Å². The number of hydrogen-bond acceptors (Lipinski definition) is 3. The minimum absolute atomic E-state index is 0.736. The highest BCUT2D eigenvalue weighted by Gasteiger charge is 2.04. The number of rotatable bonds is 5. The second kappa shape index (κ2) is 6.05. The molecule has 0 spiro atoms. The normalized spacial score (nSPS) is 10.3. The molecule has 0 radical (unpaired) electrons. The molecule has 1 heterocycles. The molecule has 0 aliphatic carbocycles. The predicted octanol–water partition coefficient (Wildman–Crippen LogP) is 2.73. The van der Waals surface area contributed by atoms with Gasteiger partial charge in [-0.25, -0.2) is 0 Å². The molecule has 0 saturated heterocycles. The minimum Gasteiger partial charge on any atom is -0.396 e. The average Bonchev–Trinajstić information content (AvgIpc) is 2.40. The van der Waals surface area contributed by atoms with E-state index in [1.165, 1.54) is 5.56 Å². The molecule has 18 heavy (non-hydrogen) atoms. The first-order valence-corrected chi connectivity index (χ1v) is 6.22. The van der Waals surface area contributed by atoms with Crippen LogP contribution < -0.4 is 10.6 Å². The van der Waals surface area contributed by atoms with E-state index in [1.54, 1.807) is 12.4 Å². The lowest BCUT2D eigenvalue weighted by molar-refractivity contribution is 0.786. The quantitative estimate of drug-likeness (QED) is 0.875. The number of nitrogen functional groups attached to an aromatic ring is 1. The molecule has 94 valence electrons. The van der Waals surface area contributed by atoms with Crippen LogP contribution in [0.5, 0.6) is 0 Å². The Morgan fingerprint density at radius 3 is 2.67 bits per heavy atom. The largest absolute Gasteiger partial charge is 0.396 e. The van der Waals surface area contributed by atoms with Gasteiger partial charge in [-0.3, -0.25) is 4.98 Å². The smallest absolute Gasteiger partial charge is 0.0738 e. The molecule has 1 aromatic carbocycles. The molecule has 2 aromatic rings. The topological polar surface area (TPSA) is 42.2 Å². The molecule has 0 saturated carbocycles. The van der Waals surface area contributed by atoms with Crippen molar-refractivity contribution in [1.82, 2.24) is 4.98 Å². The standard InChI is InChI=1S/C15H19N3/c1-18(15-9-10-17-12-14(15)16)11-5-8-13-6-3-2-4-7-13/h2-4,6-7,9-10,12H,5,8,11,16H2,1H3. The summed E-state index contributed by atoms with van der Waals surface area (Å²) in [5.74, 6) is 0. The maximum atomic E-state index is 5.90. The van der Waals surface area contributed by atoms with Crippen molar-refractivity contribution < 1.29 is 0 Å². The van der Waals surface area contributed by atoms with Gasteiger partial charge in [0, 0.05) is 19.8 Å². The highest BCUT2D eigenvalue weighted by atomic mass is 15.1. The third kappa shape index (κ3) is 3.23. The summed E-state index contributed by atoms with van der Waals surface area (Å²) in [6, 6.07) is 12.5. The van der Waals surface area contributed by atoms with E-state index in [1.807, 2.05) is 12.1 Å². The van der Waals surface area contributed by atoms with Crippen LogP contribution in [0.25, 0.3) is 0 Å². The Bertz CT molecular complexity index is 482. The average molecular weight is 241 g/mol. The van der Waals surface area contributed by atoms with Gasteiger partial charge in [0.1, 0.15) is 0 Å². The van der Waals surface area contributed by atoms with Gasteiger partial charge in [-0.2, -0.15) is 0 Å². The van der Waals surface area contributed by atoms with Crippen LogP contribution in [0.4, 0.5) is 11.4 Å². The fraction of sp³-hybridized carbons (Fsp3) is 0.267. The molecule has 2 rings (SSSR count). The maximum Gasteiger partial charge on any atom is 0.0738 e. The Balaban J connectivity index is 1.86. The third-order valence-electron chi connectivity index (χ3n) is 3.04. The Labute approximate surface area is 108 Å². The van der Waals surface area contributed by atoms with E-state index in [0.29, 0.717) is 0 Å². The number of aromatic nitrogens is 1. The molecule has 0 atom stereocenters. The lowest BCUT2D eigenvalue weighted by atomic mass is 10.1. The number of nitrogens with two attached hydrogens (primary N) is 1. The van der Waals surface area contributed by atoms with Crippen molar-refractivity contribution in [2.45, 2.75) is 12.8 Å². The lowest BCUT2D eigenvalue weighted by Crippen LogP contribution is -2.20. The zero-order valence-electron chi connectivity index (χ0n) is 10.7. The zero-order valence-corrected chi connectivity index (χ0v) is 10.7. The molecule has 2 N–H and O–H groups in total. The number of pyridine rings is 1. The zero-order chi connectivity index (χ0) is 12.8. The van der Waals surface area contributed by atoms with Crippen LogP contribution in [0.1, 0.15) is 12.0 Å². The van der Waals surface area contributed by atoms with E-state index in [-0.39, 0.29) is 0 Å². The van der Waals surface area contributed by atoms with E-state index in [4.69, 9.17) is 5.73 Å². The van der Waals surface area contributed by atoms with E-state index >= 15 is 0 Å². The maximum absolute atomic E-state index is 5.90. The molecular formula is C15H19N3. The monoisotopic (exact) mass is 241 g/mol. The van der Waals surface area contributed by atoms with E-state index in [9.17, 15) is 0 Å². The fourth-order valence-corrected chi connectivity index (χ4v) is 2.03. The van der Waals surface area contributed by atoms with Gasteiger partial charge in [-0.05, 0) is 24.5 Å². The first-order chi connectivity index (χ1) is 8.77. The molecule has 3 nitrogen and oxygen atoms in total. The first kappa shape index (κ1) is 12.4. The summed E-state index contributed by atoms with van der Waals surface area (Å²) in [5.41, 5.74) is 9.07. The Kier molecular flexibility index (Phi) is 4.18. The van der Waals surface area contributed by atoms with Gasteiger partial charge in [0.25, 0.3) is 0 Å². The fourth-order valence-electron chi connectivity index (χ4n) is 2.03. The van der Waals surface area contributed by atoms with Crippen LogP contribution in [-0.4, -0.2) is 18.6 Å². The third-order valence-corrected chi connectivity index (χ3v) is 3.04. The summed E-state index contributed by atoms with van der Waals surface area (Å²) >= 11 is 0. The summed E-state index contributed by atoms with van der Waals surface area (Å²) < 4.78 is 0. The Morgan fingerprint density at radius 2 is 1.94 bits per heavy atom. The van der Waals surface area contributed by atoms with Crippen molar-refractivity contribution in [3.8, 4) is 0 Å². The van der Waals surface area contributed by atoms with Gasteiger partial charge in [0.05, 0.1) is 17.6 Å². The molecule has 0 aliphatic rings. The van der Waals surface area contributed by atoms with Crippen LogP contribution in [0, 0.1) is 0 Å². The van der Waals surface area contributed by atoms with Gasteiger partial charge < -0.3 is 10.6 Å². The summed E-state index contributed by atoms with van der Waals surface area (Å²) in [5, 5.41) is 0. The number of aryl methyl sites for hydroxylation is 1. The lowest BCUT2D eigenvalue weighted by Gasteiger charge is -2.20. The van der Waals surface area contributed by atoms with Crippen LogP contribution in [0.15, 0.2) is 48.8 Å². The second-order valence-corrected chi connectivity index (χ2v) is 4.45. The van der Waals surface area contributed by atoms with Gasteiger partial charge in [0.15, 0.2) is 0 Å². The summed E-state index contributed by atoms with van der Waals surface area (Å²) in [4.78, 5) is 6.18. The molecule has 1 aromatic heterocycles. The highest BCUT2D eigenvalue weighted by molar-refractivity contribution is 5.65. The molecule has 0 aliphatic heterocycles. The second-order valence-electron chi connectivity index (χ2n) is 4.45. The molecule has 0 amide bonds. The van der Waals surface area contributed by atoms with Crippen molar-refractivity contribution in [3.05, 3.63) is 54.4 Å². The Morgan fingerprint density at radius 1 is 1.17 bits per heavy atom. The van der Waals surface area contributed by atoms with Gasteiger partial charge in [-0.15, -0.1) is 0 Å². The highest BCUT2D eigenvalue weighted by Crippen LogP contribution is 2.20. The van der Waals surface area contributed by atoms with Crippen LogP contribution in [-0.2, 0) is 6.42 Å². The molecule has 0 unspecified atom stereocenters. The summed E-state index contributed by atoms with van der Waals surface area (Å²) in [7, 11) is 2.07. The van der Waals surface area contributed by atoms with Crippen molar-refractivity contribution in [1.29, 1.82) is 0 Å². The van der Waals surface area contributed by atoms with Crippen LogP contribution in [0.3, 0.4) is 0 Å². The van der Waals surface area contributed by atoms with Crippen molar-refractivity contribution in [2.24, 2.45) is 0 Å². The van der Waals surface area contributed by atoms with Gasteiger partial charge in [0.2, 0.25) is 0 Å². The van der Waals surface area contributed by atoms with E-state index in [0.717, 1.165) is 30.8 Å². The van der Waals surface area contributed by atoms with Crippen molar-refractivity contribution in [2.75, 3.05) is 24.2 Å². The molecular weight excluding hydrogens is 222 g/mol. The molecule has 0 fully saturated rings. The minimum atomic E-state index is 0.736. The van der Waals surface area contributed by atoms with Gasteiger partial charge >= 0.3 is 0 Å². The number of nitrogens with zero attached hydrogens (tertiary/aromatic N) is 2. The Hall–Kier alpha value is -2.03. The van der Waals surface area contributed by atoms with Gasteiger partial charge in [-0.1, -0.05) is 30.3 Å². The van der Waals surface area contributed by atoms with Crippen molar-refractivity contribution in [3.63, 3.8) is 0 Å². The first-order valence-electron chi connectivity index (χ1n) is 6.22. The SMILES string of the molecule is CN(CCCc1ccccc1)c1ccncc1N. The summed E-state index contributed by atoms with van der Waals surface area (Å²) in [6.07, 6.45) is 5.68. The van der Waals surface area contributed by atoms with Crippen LogP contribution in [0.2, 0.25) is 0 Å². The predicted molar refractivity (Wildman–Crippen MR) is 76.7 cm³/mol. The number of hydrogen-bond donors (Lipinski definition) is 1. The molecule has 3 heteroatoms. The van der Waals surface area contributed by atoms with E-state index in [2.05, 4.69) is 41.2 Å².